The highest BCUT2D eigenvalue weighted by Gasteiger charge is 2.21. The van der Waals surface area contributed by atoms with Gasteiger partial charge in [0.2, 0.25) is 0 Å². The molecule has 1 saturated heterocycles. The number of nitrogens with one attached hydrogen (secondary N) is 1. The van der Waals surface area contributed by atoms with Gasteiger partial charge in [0.25, 0.3) is 5.91 Å². The Balaban J connectivity index is 2.01. The van der Waals surface area contributed by atoms with Gasteiger partial charge in [0.15, 0.2) is 0 Å². The van der Waals surface area contributed by atoms with Crippen LogP contribution in [0.3, 0.4) is 0 Å². The topological polar surface area (TPSA) is 62.6 Å². The Hall–Kier alpha value is -2.52. The highest BCUT2D eigenvalue weighted by Crippen LogP contribution is 2.16. The zero-order valence-electron chi connectivity index (χ0n) is 13.9. The van der Waals surface area contributed by atoms with Crippen molar-refractivity contribution in [2.45, 2.75) is 0 Å². The number of hydrogen-bond acceptors (Lipinski definition) is 5. The number of carbonyl (C=O) groups excluding carboxylic acids is 1. The average molecular weight is 313 g/mol. The van der Waals surface area contributed by atoms with Crippen molar-refractivity contribution in [1.29, 1.82) is 5.26 Å². The predicted octanol–water partition coefficient (Wildman–Crippen LogP) is 1.35. The molecular formula is C17H23N5O. The largest absolute Gasteiger partial charge is 0.378 e. The van der Waals surface area contributed by atoms with Crippen LogP contribution in [0.25, 0.3) is 0 Å². The fourth-order valence-corrected chi connectivity index (χ4v) is 2.33. The number of nitrogens with zero attached hydrogens (tertiary/aromatic N) is 4. The van der Waals surface area contributed by atoms with Gasteiger partial charge in [0.05, 0.1) is 0 Å². The zero-order valence-corrected chi connectivity index (χ0v) is 13.9. The molecule has 1 amide bonds. The number of amides is 1. The zero-order chi connectivity index (χ0) is 16.8. The molecule has 2 rings (SSSR count). The van der Waals surface area contributed by atoms with E-state index < -0.39 is 0 Å². The van der Waals surface area contributed by atoms with Gasteiger partial charge in [0.1, 0.15) is 11.6 Å². The van der Waals surface area contributed by atoms with Crippen molar-refractivity contribution in [2.24, 2.45) is 0 Å². The fourth-order valence-electron chi connectivity index (χ4n) is 2.33. The first-order valence-electron chi connectivity index (χ1n) is 7.63. The molecule has 23 heavy (non-hydrogen) atoms. The summed E-state index contributed by atoms with van der Waals surface area (Å²) in [5, 5.41) is 12.3. The van der Waals surface area contributed by atoms with Crippen LogP contribution in [0.2, 0.25) is 0 Å². The first-order chi connectivity index (χ1) is 11.0. The number of piperazine rings is 1. The van der Waals surface area contributed by atoms with Gasteiger partial charge in [-0.2, -0.15) is 5.26 Å². The Morgan fingerprint density at radius 1 is 1.22 bits per heavy atom. The first-order valence-corrected chi connectivity index (χ1v) is 7.63. The highest BCUT2D eigenvalue weighted by molar-refractivity contribution is 5.97. The van der Waals surface area contributed by atoms with Crippen molar-refractivity contribution in [3.63, 3.8) is 0 Å². The molecule has 122 valence electrons. The minimum absolute atomic E-state index is 0.131. The summed E-state index contributed by atoms with van der Waals surface area (Å²) in [5.41, 5.74) is 2.06. The summed E-state index contributed by atoms with van der Waals surface area (Å²) in [7, 11) is 5.98. The molecule has 0 aromatic heterocycles. The Morgan fingerprint density at radius 3 is 2.35 bits per heavy atom. The molecule has 0 aliphatic carbocycles. The van der Waals surface area contributed by atoms with E-state index in [0.29, 0.717) is 13.1 Å². The number of carbonyl (C=O) groups is 1. The number of anilines is 2. The molecule has 0 unspecified atom stereocenters. The molecule has 0 bridgehead atoms. The molecule has 1 aromatic rings. The van der Waals surface area contributed by atoms with Crippen molar-refractivity contribution in [3.8, 4) is 6.07 Å². The minimum atomic E-state index is -0.210. The smallest absolute Gasteiger partial charge is 0.266 e. The van der Waals surface area contributed by atoms with Crippen LogP contribution in [0.4, 0.5) is 11.4 Å². The summed E-state index contributed by atoms with van der Waals surface area (Å²) in [6, 6.07) is 9.78. The molecule has 1 aliphatic rings. The Bertz CT molecular complexity index is 607. The third kappa shape index (κ3) is 4.47. The maximum Gasteiger partial charge on any atom is 0.266 e. The molecule has 6 heteroatoms. The van der Waals surface area contributed by atoms with Crippen LogP contribution in [0.1, 0.15) is 0 Å². The summed E-state index contributed by atoms with van der Waals surface area (Å²) in [6.45, 7) is 2.99. The molecule has 6 nitrogen and oxygen atoms in total. The SMILES string of the molecule is CN1CCN(C(=O)/C(C#N)=C\Nc2ccc(N(C)C)cc2)CC1. The van der Waals surface area contributed by atoms with Crippen LogP contribution in [0.15, 0.2) is 36.0 Å². The summed E-state index contributed by atoms with van der Waals surface area (Å²) >= 11 is 0. The van der Waals surface area contributed by atoms with Crippen molar-refractivity contribution in [1.82, 2.24) is 9.80 Å². The maximum atomic E-state index is 12.4. The molecule has 1 heterocycles. The monoisotopic (exact) mass is 313 g/mol. The average Bonchev–Trinajstić information content (AvgIpc) is 2.56. The van der Waals surface area contributed by atoms with E-state index in [2.05, 4.69) is 10.2 Å². The second-order valence-electron chi connectivity index (χ2n) is 5.85. The number of likely N-dealkylation sites (N-methyl/N-ethyl adjacent to an activating group) is 1. The molecule has 1 aromatic carbocycles. The van der Waals surface area contributed by atoms with E-state index in [-0.39, 0.29) is 11.5 Å². The quantitative estimate of drug-likeness (QED) is 0.671. The lowest BCUT2D eigenvalue weighted by atomic mass is 10.2. The summed E-state index contributed by atoms with van der Waals surface area (Å²) in [5.74, 6) is -0.210. The lowest BCUT2D eigenvalue weighted by molar-refractivity contribution is -0.128. The Morgan fingerprint density at radius 2 is 1.83 bits per heavy atom. The second-order valence-corrected chi connectivity index (χ2v) is 5.85. The van der Waals surface area contributed by atoms with E-state index in [9.17, 15) is 10.1 Å². The van der Waals surface area contributed by atoms with E-state index in [0.717, 1.165) is 24.5 Å². The number of benzene rings is 1. The Labute approximate surface area is 137 Å². The van der Waals surface area contributed by atoms with Crippen LogP contribution >= 0.6 is 0 Å². The molecular weight excluding hydrogens is 290 g/mol. The van der Waals surface area contributed by atoms with Crippen LogP contribution in [0.5, 0.6) is 0 Å². The van der Waals surface area contributed by atoms with Gasteiger partial charge in [-0.15, -0.1) is 0 Å². The van der Waals surface area contributed by atoms with Crippen LogP contribution < -0.4 is 10.2 Å². The summed E-state index contributed by atoms with van der Waals surface area (Å²) in [6.07, 6.45) is 1.49. The van der Waals surface area contributed by atoms with Crippen molar-refractivity contribution in [2.75, 3.05) is 57.5 Å². The fraction of sp³-hybridized carbons (Fsp3) is 0.412. The molecule has 0 saturated carbocycles. The van der Waals surface area contributed by atoms with Gasteiger partial charge in [-0.3, -0.25) is 4.79 Å². The van der Waals surface area contributed by atoms with Gasteiger partial charge >= 0.3 is 0 Å². The third-order valence-corrected chi connectivity index (χ3v) is 3.91. The van der Waals surface area contributed by atoms with E-state index in [1.54, 1.807) is 4.90 Å². The van der Waals surface area contributed by atoms with Crippen molar-refractivity contribution >= 4 is 17.3 Å². The second kappa shape index (κ2) is 7.65. The molecule has 0 spiro atoms. The van der Waals surface area contributed by atoms with Gasteiger partial charge in [-0.05, 0) is 31.3 Å². The van der Waals surface area contributed by atoms with Crippen LogP contribution in [-0.2, 0) is 4.79 Å². The predicted molar refractivity (Wildman–Crippen MR) is 92.2 cm³/mol. The van der Waals surface area contributed by atoms with Gasteiger partial charge in [-0.25, -0.2) is 0 Å². The van der Waals surface area contributed by atoms with E-state index in [1.807, 2.05) is 56.4 Å². The van der Waals surface area contributed by atoms with Gasteiger partial charge < -0.3 is 20.0 Å². The number of rotatable bonds is 4. The normalized spacial score (nSPS) is 15.9. The van der Waals surface area contributed by atoms with Crippen molar-refractivity contribution < 1.29 is 4.79 Å². The number of hydrogen-bond donors (Lipinski definition) is 1. The van der Waals surface area contributed by atoms with Crippen molar-refractivity contribution in [3.05, 3.63) is 36.0 Å². The minimum Gasteiger partial charge on any atom is -0.378 e. The summed E-state index contributed by atoms with van der Waals surface area (Å²) < 4.78 is 0. The van der Waals surface area contributed by atoms with E-state index >= 15 is 0 Å². The van der Waals surface area contributed by atoms with Gasteiger partial charge in [-0.1, -0.05) is 0 Å². The van der Waals surface area contributed by atoms with Gasteiger partial charge in [0, 0.05) is 57.8 Å². The standard InChI is InChI=1S/C17H23N5O/c1-20(2)16-6-4-15(5-7-16)19-13-14(12-18)17(23)22-10-8-21(3)9-11-22/h4-7,13,19H,8-11H2,1-3H3/b14-13-. The Kier molecular flexibility index (Phi) is 5.61. The lowest BCUT2D eigenvalue weighted by Crippen LogP contribution is -2.47. The van der Waals surface area contributed by atoms with Crippen LogP contribution in [-0.4, -0.2) is 63.0 Å². The molecule has 1 aliphatic heterocycles. The molecule has 0 atom stereocenters. The van der Waals surface area contributed by atoms with E-state index in [4.69, 9.17) is 0 Å². The lowest BCUT2D eigenvalue weighted by Gasteiger charge is -2.32. The summed E-state index contributed by atoms with van der Waals surface area (Å²) in [4.78, 5) is 18.3. The first kappa shape index (κ1) is 16.8. The molecule has 1 N–H and O–H groups in total. The van der Waals surface area contributed by atoms with E-state index in [1.165, 1.54) is 6.20 Å². The third-order valence-electron chi connectivity index (χ3n) is 3.91. The highest BCUT2D eigenvalue weighted by atomic mass is 16.2. The number of nitriles is 1. The maximum absolute atomic E-state index is 12.4. The van der Waals surface area contributed by atoms with Crippen LogP contribution in [0, 0.1) is 11.3 Å². The molecule has 1 fully saturated rings. The molecule has 0 radical (unpaired) electrons.